The first-order chi connectivity index (χ1) is 9.21. The third-order valence-electron chi connectivity index (χ3n) is 3.25. The molecule has 0 radical (unpaired) electrons. The molecule has 3 heteroatoms. The van der Waals surface area contributed by atoms with Crippen LogP contribution in [0.5, 0.6) is 0 Å². The van der Waals surface area contributed by atoms with Crippen molar-refractivity contribution in [2.75, 3.05) is 19.6 Å². The van der Waals surface area contributed by atoms with Crippen molar-refractivity contribution in [2.45, 2.75) is 46.7 Å². The summed E-state index contributed by atoms with van der Waals surface area (Å²) < 4.78 is 1.23. The molecule has 108 valence electrons. The van der Waals surface area contributed by atoms with Crippen LogP contribution in [0.1, 0.15) is 44.7 Å². The summed E-state index contributed by atoms with van der Waals surface area (Å²) in [5.74, 6) is 0. The third kappa shape index (κ3) is 6.07. The number of hydrogen-bond acceptors (Lipinski definition) is 2. The Morgan fingerprint density at radius 2 is 1.95 bits per heavy atom. The second-order valence-electron chi connectivity index (χ2n) is 4.97. The zero-order valence-electron chi connectivity index (χ0n) is 12.5. The third-order valence-corrected chi connectivity index (χ3v) is 3.99. The zero-order valence-corrected chi connectivity index (χ0v) is 14.1. The van der Waals surface area contributed by atoms with E-state index in [1.807, 2.05) is 0 Å². The second-order valence-corrected chi connectivity index (χ2v) is 5.83. The first-order valence-electron chi connectivity index (χ1n) is 7.41. The van der Waals surface area contributed by atoms with E-state index in [1.54, 1.807) is 0 Å². The molecular weight excluding hydrogens is 300 g/mol. The Morgan fingerprint density at radius 3 is 2.53 bits per heavy atom. The molecule has 0 heterocycles. The van der Waals surface area contributed by atoms with Gasteiger partial charge in [0.25, 0.3) is 0 Å². The zero-order chi connectivity index (χ0) is 14.1. The van der Waals surface area contributed by atoms with E-state index < -0.39 is 0 Å². The predicted molar refractivity (Wildman–Crippen MR) is 87.4 cm³/mol. The highest BCUT2D eigenvalue weighted by atomic mass is 79.9. The Morgan fingerprint density at radius 1 is 1.16 bits per heavy atom. The Balaban J connectivity index is 2.60. The molecule has 1 aromatic rings. The van der Waals surface area contributed by atoms with E-state index in [0.29, 0.717) is 0 Å². The summed E-state index contributed by atoms with van der Waals surface area (Å²) in [6, 6.07) is 6.74. The molecule has 0 aliphatic carbocycles. The fraction of sp³-hybridized carbons (Fsp3) is 0.625. The van der Waals surface area contributed by atoms with Crippen LogP contribution >= 0.6 is 15.9 Å². The van der Waals surface area contributed by atoms with Gasteiger partial charge >= 0.3 is 0 Å². The molecule has 0 aliphatic rings. The first-order valence-corrected chi connectivity index (χ1v) is 8.20. The van der Waals surface area contributed by atoms with Crippen LogP contribution in [0.25, 0.3) is 0 Å². The van der Waals surface area contributed by atoms with Gasteiger partial charge in [0.15, 0.2) is 0 Å². The average molecular weight is 327 g/mol. The number of nitrogens with zero attached hydrogens (tertiary/aromatic N) is 1. The first kappa shape index (κ1) is 16.7. The Labute approximate surface area is 126 Å². The van der Waals surface area contributed by atoms with E-state index in [2.05, 4.69) is 65.1 Å². The van der Waals surface area contributed by atoms with Gasteiger partial charge in [-0.05, 0) is 49.7 Å². The molecule has 0 atom stereocenters. The van der Waals surface area contributed by atoms with Crippen LogP contribution in [0.3, 0.4) is 0 Å². The standard InChI is InChI=1S/C16H27BrN2/c1-4-9-18-12-14-7-8-15(16(17)11-14)13-19(6-3)10-5-2/h7-8,11,18H,4-6,9-10,12-13H2,1-3H3. The minimum absolute atomic E-state index is 0.958. The van der Waals surface area contributed by atoms with Gasteiger partial charge < -0.3 is 5.32 Å². The van der Waals surface area contributed by atoms with Crippen molar-refractivity contribution >= 4 is 15.9 Å². The van der Waals surface area contributed by atoms with Crippen LogP contribution in [0, 0.1) is 0 Å². The summed E-state index contributed by atoms with van der Waals surface area (Å²) in [6.45, 7) is 12.0. The normalized spacial score (nSPS) is 11.2. The van der Waals surface area contributed by atoms with Gasteiger partial charge in [0.2, 0.25) is 0 Å². The molecule has 0 fully saturated rings. The van der Waals surface area contributed by atoms with Gasteiger partial charge in [-0.3, -0.25) is 4.90 Å². The lowest BCUT2D eigenvalue weighted by molar-refractivity contribution is 0.280. The summed E-state index contributed by atoms with van der Waals surface area (Å²) in [5, 5.41) is 3.44. The smallest absolute Gasteiger partial charge is 0.0244 e. The Hall–Kier alpha value is -0.380. The fourth-order valence-electron chi connectivity index (χ4n) is 2.14. The van der Waals surface area contributed by atoms with Crippen LogP contribution in [-0.4, -0.2) is 24.5 Å². The molecule has 1 aromatic carbocycles. The number of hydrogen-bond donors (Lipinski definition) is 1. The number of benzene rings is 1. The highest BCUT2D eigenvalue weighted by Gasteiger charge is 2.06. The Kier molecular flexibility index (Phi) is 8.35. The van der Waals surface area contributed by atoms with Crippen molar-refractivity contribution in [3.05, 3.63) is 33.8 Å². The van der Waals surface area contributed by atoms with Crippen molar-refractivity contribution in [3.8, 4) is 0 Å². The summed E-state index contributed by atoms with van der Waals surface area (Å²) >= 11 is 3.71. The van der Waals surface area contributed by atoms with E-state index in [0.717, 1.165) is 26.2 Å². The highest BCUT2D eigenvalue weighted by Crippen LogP contribution is 2.20. The molecule has 0 unspecified atom stereocenters. The van der Waals surface area contributed by atoms with E-state index in [-0.39, 0.29) is 0 Å². The molecule has 0 saturated heterocycles. The van der Waals surface area contributed by atoms with Gasteiger partial charge in [-0.2, -0.15) is 0 Å². The maximum absolute atomic E-state index is 3.71. The van der Waals surface area contributed by atoms with E-state index >= 15 is 0 Å². The quantitative estimate of drug-likeness (QED) is 0.685. The maximum atomic E-state index is 3.71. The SMILES string of the molecule is CCCNCc1ccc(CN(CC)CCC)c(Br)c1. The lowest BCUT2D eigenvalue weighted by atomic mass is 10.1. The second kappa shape index (κ2) is 9.51. The van der Waals surface area contributed by atoms with Crippen LogP contribution in [0.4, 0.5) is 0 Å². The Bertz CT molecular complexity index is 366. The molecule has 0 aromatic heterocycles. The highest BCUT2D eigenvalue weighted by molar-refractivity contribution is 9.10. The summed E-state index contributed by atoms with van der Waals surface area (Å²) in [7, 11) is 0. The van der Waals surface area contributed by atoms with Crippen molar-refractivity contribution in [2.24, 2.45) is 0 Å². The minimum atomic E-state index is 0.958. The molecule has 0 bridgehead atoms. The van der Waals surface area contributed by atoms with Crippen LogP contribution in [0.2, 0.25) is 0 Å². The lowest BCUT2D eigenvalue weighted by Crippen LogP contribution is -2.23. The summed E-state index contributed by atoms with van der Waals surface area (Å²) in [6.07, 6.45) is 2.40. The van der Waals surface area contributed by atoms with Gasteiger partial charge in [0, 0.05) is 17.6 Å². The number of rotatable bonds is 9. The molecule has 1 N–H and O–H groups in total. The lowest BCUT2D eigenvalue weighted by Gasteiger charge is -2.20. The largest absolute Gasteiger partial charge is 0.313 e. The van der Waals surface area contributed by atoms with Gasteiger partial charge in [0.1, 0.15) is 0 Å². The summed E-state index contributed by atoms with van der Waals surface area (Å²) in [5.41, 5.74) is 2.73. The van der Waals surface area contributed by atoms with Gasteiger partial charge in [-0.25, -0.2) is 0 Å². The fourth-order valence-corrected chi connectivity index (χ4v) is 2.70. The maximum Gasteiger partial charge on any atom is 0.0244 e. The van der Waals surface area contributed by atoms with Crippen LogP contribution in [0.15, 0.2) is 22.7 Å². The molecule has 19 heavy (non-hydrogen) atoms. The van der Waals surface area contributed by atoms with E-state index in [1.165, 1.54) is 35.0 Å². The predicted octanol–water partition coefficient (Wildman–Crippen LogP) is 4.18. The molecule has 0 spiro atoms. The number of halogens is 1. The van der Waals surface area contributed by atoms with E-state index in [9.17, 15) is 0 Å². The van der Waals surface area contributed by atoms with E-state index in [4.69, 9.17) is 0 Å². The van der Waals surface area contributed by atoms with Gasteiger partial charge in [0.05, 0.1) is 0 Å². The van der Waals surface area contributed by atoms with Gasteiger partial charge in [-0.15, -0.1) is 0 Å². The van der Waals surface area contributed by atoms with Crippen molar-refractivity contribution in [1.82, 2.24) is 10.2 Å². The van der Waals surface area contributed by atoms with Crippen molar-refractivity contribution in [3.63, 3.8) is 0 Å². The van der Waals surface area contributed by atoms with Crippen LogP contribution in [-0.2, 0) is 13.1 Å². The van der Waals surface area contributed by atoms with Crippen molar-refractivity contribution < 1.29 is 0 Å². The molecule has 0 amide bonds. The minimum Gasteiger partial charge on any atom is -0.313 e. The monoisotopic (exact) mass is 326 g/mol. The number of nitrogens with one attached hydrogen (secondary N) is 1. The molecular formula is C16H27BrN2. The summed E-state index contributed by atoms with van der Waals surface area (Å²) in [4.78, 5) is 2.48. The molecule has 1 rings (SSSR count). The topological polar surface area (TPSA) is 15.3 Å². The molecule has 0 aliphatic heterocycles. The van der Waals surface area contributed by atoms with Gasteiger partial charge in [-0.1, -0.05) is 48.8 Å². The van der Waals surface area contributed by atoms with Crippen LogP contribution < -0.4 is 5.32 Å². The van der Waals surface area contributed by atoms with Crippen molar-refractivity contribution in [1.29, 1.82) is 0 Å². The molecule has 0 saturated carbocycles. The average Bonchev–Trinajstić information content (AvgIpc) is 2.41. The molecule has 2 nitrogen and oxygen atoms in total.